The lowest BCUT2D eigenvalue weighted by Gasteiger charge is -1.80. The van der Waals surface area contributed by atoms with E-state index in [2.05, 4.69) is 6.58 Å². The number of aliphatic hydroxyl groups is 3. The molecule has 18 heavy (non-hydrogen) atoms. The molecule has 0 saturated heterocycles. The second-order valence-electron chi connectivity index (χ2n) is 4.37. The van der Waals surface area contributed by atoms with Crippen LogP contribution in [0, 0.1) is 0 Å². The maximum Gasteiger partial charge on any atom is 0.330 e. The highest BCUT2D eigenvalue weighted by molar-refractivity contribution is 5.84. The van der Waals surface area contributed by atoms with Gasteiger partial charge in [-0.15, -0.1) is 0 Å². The fraction of sp³-hybridized carbons (Fsp3) is 0.769. The van der Waals surface area contributed by atoms with Gasteiger partial charge in [0.05, 0.1) is 0 Å². The molecule has 0 aliphatic carbocycles. The van der Waals surface area contributed by atoms with Crippen LogP contribution in [-0.4, -0.2) is 44.7 Å². The molecule has 0 aromatic heterocycles. The average Bonchev–Trinajstić information content (AvgIpc) is 1.99. The molecule has 0 aromatic carbocycles. The molecule has 0 rings (SSSR count). The summed E-state index contributed by atoms with van der Waals surface area (Å²) in [6.07, 6.45) is -0.500. The molecule has 5 nitrogen and oxygen atoms in total. The molecule has 5 heteroatoms. The summed E-state index contributed by atoms with van der Waals surface area (Å²) in [4.78, 5) is 9.60. The van der Waals surface area contributed by atoms with E-state index in [0.29, 0.717) is 0 Å². The van der Waals surface area contributed by atoms with Crippen molar-refractivity contribution in [3.8, 4) is 0 Å². The van der Waals surface area contributed by atoms with Crippen LogP contribution in [0.2, 0.25) is 0 Å². The lowest BCUT2D eigenvalue weighted by molar-refractivity contribution is -0.132. The third-order valence-corrected chi connectivity index (χ3v) is 0.365. The van der Waals surface area contributed by atoms with Gasteiger partial charge in [-0.2, -0.15) is 0 Å². The van der Waals surface area contributed by atoms with Gasteiger partial charge in [-0.05, 0) is 48.5 Å². The first-order valence-corrected chi connectivity index (χ1v) is 5.77. The van der Waals surface area contributed by atoms with Crippen molar-refractivity contribution < 1.29 is 25.2 Å². The highest BCUT2D eigenvalue weighted by Crippen LogP contribution is 1.81. The Bertz CT molecular complexity index is 151. The van der Waals surface area contributed by atoms with E-state index in [1.54, 1.807) is 41.5 Å². The van der Waals surface area contributed by atoms with E-state index < -0.39 is 5.97 Å². The molecule has 0 fully saturated rings. The van der Waals surface area contributed by atoms with E-state index in [0.717, 1.165) is 0 Å². The standard InChI is InChI=1S/C4H6O2.3C3H8O/c1-3(2)4(5)6;3*1-3(2)4/h1H2,2H3,(H,5,6);3*3-4H,1-2H3. The molecule has 0 bridgehead atoms. The van der Waals surface area contributed by atoms with E-state index in [1.165, 1.54) is 6.92 Å². The van der Waals surface area contributed by atoms with Crippen LogP contribution in [0.15, 0.2) is 12.2 Å². The molecule has 0 aliphatic rings. The van der Waals surface area contributed by atoms with Gasteiger partial charge in [0.15, 0.2) is 0 Å². The van der Waals surface area contributed by atoms with Crippen LogP contribution in [0.4, 0.5) is 0 Å². The number of aliphatic hydroxyl groups excluding tert-OH is 3. The molecule has 0 radical (unpaired) electrons. The molecule has 0 amide bonds. The Hall–Kier alpha value is -0.910. The molecule has 0 saturated carbocycles. The summed E-state index contributed by atoms with van der Waals surface area (Å²) in [5.74, 6) is -0.935. The maximum absolute atomic E-state index is 9.60. The Morgan fingerprint density at radius 1 is 0.833 bits per heavy atom. The number of carbonyl (C=O) groups is 1. The molecule has 0 heterocycles. The summed E-state index contributed by atoms with van der Waals surface area (Å²) in [5, 5.41) is 32.1. The predicted molar refractivity (Wildman–Crippen MR) is 74.5 cm³/mol. The summed E-state index contributed by atoms with van der Waals surface area (Å²) >= 11 is 0. The number of hydrogen-bond donors (Lipinski definition) is 4. The molecule has 0 aromatic rings. The monoisotopic (exact) mass is 266 g/mol. The molecule has 4 N–H and O–H groups in total. The van der Waals surface area contributed by atoms with Crippen molar-refractivity contribution in [1.82, 2.24) is 0 Å². The summed E-state index contributed by atoms with van der Waals surface area (Å²) in [6.45, 7) is 14.9. The van der Waals surface area contributed by atoms with Gasteiger partial charge in [-0.1, -0.05) is 6.58 Å². The number of carboxylic acid groups (broad SMARTS) is 1. The zero-order chi connectivity index (χ0) is 15.9. The Morgan fingerprint density at radius 3 is 0.889 bits per heavy atom. The highest BCUT2D eigenvalue weighted by atomic mass is 16.4. The molecule has 0 aliphatic heterocycles. The summed E-state index contributed by atoms with van der Waals surface area (Å²) in [7, 11) is 0. The van der Waals surface area contributed by atoms with Gasteiger partial charge in [0.25, 0.3) is 0 Å². The predicted octanol–water partition coefficient (Wildman–Crippen LogP) is 1.81. The van der Waals surface area contributed by atoms with Crippen molar-refractivity contribution in [2.75, 3.05) is 0 Å². The molecule has 0 unspecified atom stereocenters. The Labute approximate surface area is 111 Å². The van der Waals surface area contributed by atoms with Crippen molar-refractivity contribution in [3.05, 3.63) is 12.2 Å². The van der Waals surface area contributed by atoms with Gasteiger partial charge in [-0.25, -0.2) is 4.79 Å². The minimum atomic E-state index is -0.935. The lowest BCUT2D eigenvalue weighted by Crippen LogP contribution is -1.92. The SMILES string of the molecule is C=C(C)C(=O)O.CC(C)O.CC(C)O.CC(C)O. The largest absolute Gasteiger partial charge is 0.478 e. The van der Waals surface area contributed by atoms with E-state index >= 15 is 0 Å². The highest BCUT2D eigenvalue weighted by Gasteiger charge is 1.90. The normalized spacial score (nSPS) is 8.50. The summed E-state index contributed by atoms with van der Waals surface area (Å²) in [5.41, 5.74) is 0.176. The van der Waals surface area contributed by atoms with Crippen molar-refractivity contribution in [3.63, 3.8) is 0 Å². The number of carboxylic acids is 1. The van der Waals surface area contributed by atoms with Gasteiger partial charge < -0.3 is 20.4 Å². The van der Waals surface area contributed by atoms with Crippen LogP contribution in [0.1, 0.15) is 48.5 Å². The van der Waals surface area contributed by atoms with Crippen LogP contribution in [-0.2, 0) is 4.79 Å². The topological polar surface area (TPSA) is 98.0 Å². The van der Waals surface area contributed by atoms with Gasteiger partial charge in [0.2, 0.25) is 0 Å². The second kappa shape index (κ2) is 18.5. The van der Waals surface area contributed by atoms with Crippen molar-refractivity contribution >= 4 is 5.97 Å². The number of rotatable bonds is 1. The quantitative estimate of drug-likeness (QED) is 0.543. The van der Waals surface area contributed by atoms with E-state index in [-0.39, 0.29) is 23.9 Å². The van der Waals surface area contributed by atoms with E-state index in [1.807, 2.05) is 0 Å². The van der Waals surface area contributed by atoms with Crippen molar-refractivity contribution in [1.29, 1.82) is 0 Å². The van der Waals surface area contributed by atoms with Crippen LogP contribution < -0.4 is 0 Å². The van der Waals surface area contributed by atoms with Crippen LogP contribution in [0.3, 0.4) is 0 Å². The molecular formula is C13H30O5. The van der Waals surface area contributed by atoms with Gasteiger partial charge in [-0.3, -0.25) is 0 Å². The third-order valence-electron chi connectivity index (χ3n) is 0.365. The fourth-order valence-corrected chi connectivity index (χ4v) is 0. The zero-order valence-corrected chi connectivity index (χ0v) is 12.6. The van der Waals surface area contributed by atoms with E-state index in [4.69, 9.17) is 20.4 Å². The van der Waals surface area contributed by atoms with Gasteiger partial charge >= 0.3 is 5.97 Å². The molecule has 0 spiro atoms. The minimum Gasteiger partial charge on any atom is -0.478 e. The first-order valence-electron chi connectivity index (χ1n) is 5.77. The molecule has 112 valence electrons. The molecule has 0 atom stereocenters. The van der Waals surface area contributed by atoms with Crippen molar-refractivity contribution in [2.45, 2.75) is 66.8 Å². The average molecular weight is 266 g/mol. The van der Waals surface area contributed by atoms with Crippen LogP contribution >= 0.6 is 0 Å². The van der Waals surface area contributed by atoms with Gasteiger partial charge in [0.1, 0.15) is 0 Å². The Morgan fingerprint density at radius 2 is 0.889 bits per heavy atom. The first kappa shape index (κ1) is 25.8. The van der Waals surface area contributed by atoms with Crippen LogP contribution in [0.5, 0.6) is 0 Å². The van der Waals surface area contributed by atoms with Crippen molar-refractivity contribution in [2.24, 2.45) is 0 Å². The Kier molecular flexibility index (Phi) is 26.5. The number of hydrogen-bond acceptors (Lipinski definition) is 4. The first-order chi connectivity index (χ1) is 7.84. The lowest BCUT2D eigenvalue weighted by atomic mass is 10.4. The van der Waals surface area contributed by atoms with Gasteiger partial charge in [0, 0.05) is 23.9 Å². The molecular weight excluding hydrogens is 236 g/mol. The minimum absolute atomic E-state index is 0.167. The maximum atomic E-state index is 9.60. The third kappa shape index (κ3) is 314. The summed E-state index contributed by atoms with van der Waals surface area (Å²) < 4.78 is 0. The number of aliphatic carboxylic acids is 1. The zero-order valence-electron chi connectivity index (χ0n) is 12.6. The second-order valence-corrected chi connectivity index (χ2v) is 4.37. The smallest absolute Gasteiger partial charge is 0.330 e. The van der Waals surface area contributed by atoms with Crippen LogP contribution in [0.25, 0.3) is 0 Å². The Balaban J connectivity index is -0.0000000742. The van der Waals surface area contributed by atoms with E-state index in [9.17, 15) is 4.79 Å². The fourth-order valence-electron chi connectivity index (χ4n) is 0. The summed E-state index contributed by atoms with van der Waals surface area (Å²) in [6, 6.07) is 0.